The lowest BCUT2D eigenvalue weighted by atomic mass is 10.1. The van der Waals surface area contributed by atoms with Crippen LogP contribution >= 0.6 is 0 Å². The number of aromatic nitrogens is 1. The highest BCUT2D eigenvalue weighted by Crippen LogP contribution is 2.18. The van der Waals surface area contributed by atoms with Crippen LogP contribution in [-0.2, 0) is 6.54 Å². The Morgan fingerprint density at radius 1 is 1.11 bits per heavy atom. The summed E-state index contributed by atoms with van der Waals surface area (Å²) in [5, 5.41) is 6.71. The lowest BCUT2D eigenvalue weighted by Gasteiger charge is -2.28. The smallest absolute Gasteiger partial charge is 0.191 e. The third kappa shape index (κ3) is 6.44. The Labute approximate surface area is 168 Å². The van der Waals surface area contributed by atoms with Gasteiger partial charge in [0.15, 0.2) is 5.96 Å². The third-order valence-corrected chi connectivity index (χ3v) is 4.80. The van der Waals surface area contributed by atoms with Crippen LogP contribution in [0.2, 0.25) is 0 Å². The van der Waals surface area contributed by atoms with E-state index in [4.69, 9.17) is 4.74 Å². The van der Waals surface area contributed by atoms with Crippen molar-refractivity contribution in [3.05, 3.63) is 54.2 Å². The van der Waals surface area contributed by atoms with E-state index in [0.29, 0.717) is 6.61 Å². The van der Waals surface area contributed by atoms with Gasteiger partial charge in [0.2, 0.25) is 0 Å². The molecule has 1 aliphatic rings. The van der Waals surface area contributed by atoms with E-state index >= 15 is 0 Å². The minimum Gasteiger partial charge on any atom is -0.494 e. The van der Waals surface area contributed by atoms with Crippen molar-refractivity contribution in [2.24, 2.45) is 4.99 Å². The molecule has 1 aromatic heterocycles. The first-order chi connectivity index (χ1) is 13.8. The van der Waals surface area contributed by atoms with Gasteiger partial charge in [-0.05, 0) is 55.5 Å². The summed E-state index contributed by atoms with van der Waals surface area (Å²) in [5.41, 5.74) is 1.21. The van der Waals surface area contributed by atoms with Gasteiger partial charge >= 0.3 is 0 Å². The SMILES string of the molecule is CN=C(NCCCOc1ccccc1)NCc1ccnc(N2CCCCC2)c1. The average molecular weight is 382 g/mol. The molecule has 2 N–H and O–H groups in total. The molecule has 0 saturated carbocycles. The Hall–Kier alpha value is -2.76. The number of guanidine groups is 1. The standard InChI is InChI=1S/C22H31N5O/c1-23-22(25-12-8-16-28-20-9-4-2-5-10-20)26-18-19-11-13-24-21(17-19)27-14-6-3-7-15-27/h2,4-5,9-11,13,17H,3,6-8,12,14-16,18H2,1H3,(H2,23,25,26). The maximum absolute atomic E-state index is 5.71. The quantitative estimate of drug-likeness (QED) is 0.418. The van der Waals surface area contributed by atoms with Crippen LogP contribution < -0.4 is 20.3 Å². The molecule has 0 aliphatic carbocycles. The lowest BCUT2D eigenvalue weighted by Crippen LogP contribution is -2.37. The molecule has 1 saturated heterocycles. The molecule has 0 bridgehead atoms. The van der Waals surface area contributed by atoms with Crippen LogP contribution in [0, 0.1) is 0 Å². The van der Waals surface area contributed by atoms with Gasteiger partial charge in [-0.2, -0.15) is 0 Å². The number of rotatable bonds is 8. The normalized spacial score (nSPS) is 14.6. The van der Waals surface area contributed by atoms with Crippen LogP contribution in [0.4, 0.5) is 5.82 Å². The Morgan fingerprint density at radius 3 is 2.71 bits per heavy atom. The monoisotopic (exact) mass is 381 g/mol. The number of piperidine rings is 1. The van der Waals surface area contributed by atoms with Gasteiger partial charge in [-0.15, -0.1) is 0 Å². The van der Waals surface area contributed by atoms with E-state index in [1.807, 2.05) is 36.5 Å². The summed E-state index contributed by atoms with van der Waals surface area (Å²) in [5.74, 6) is 2.79. The fraction of sp³-hybridized carbons (Fsp3) is 0.455. The van der Waals surface area contributed by atoms with E-state index in [1.165, 1.54) is 24.8 Å². The molecule has 3 rings (SSSR count). The van der Waals surface area contributed by atoms with E-state index in [0.717, 1.165) is 50.1 Å². The summed E-state index contributed by atoms with van der Waals surface area (Å²) in [4.78, 5) is 11.2. The summed E-state index contributed by atoms with van der Waals surface area (Å²) >= 11 is 0. The predicted molar refractivity (Wildman–Crippen MR) is 115 cm³/mol. The summed E-state index contributed by atoms with van der Waals surface area (Å²) < 4.78 is 5.71. The molecule has 28 heavy (non-hydrogen) atoms. The topological polar surface area (TPSA) is 61.8 Å². The summed E-state index contributed by atoms with van der Waals surface area (Å²) in [6.45, 7) is 4.43. The highest BCUT2D eigenvalue weighted by molar-refractivity contribution is 5.79. The number of ether oxygens (including phenoxy) is 1. The predicted octanol–water partition coefficient (Wildman–Crippen LogP) is 3.21. The highest BCUT2D eigenvalue weighted by Gasteiger charge is 2.12. The molecule has 1 aromatic carbocycles. The van der Waals surface area contributed by atoms with Crippen molar-refractivity contribution in [2.45, 2.75) is 32.2 Å². The molecule has 6 nitrogen and oxygen atoms in total. The number of para-hydroxylation sites is 1. The second-order valence-electron chi connectivity index (χ2n) is 6.94. The van der Waals surface area contributed by atoms with Gasteiger partial charge in [-0.3, -0.25) is 4.99 Å². The number of aliphatic imine (C=N–C) groups is 1. The number of anilines is 1. The van der Waals surface area contributed by atoms with Gasteiger partial charge in [-0.25, -0.2) is 4.98 Å². The second-order valence-corrected chi connectivity index (χ2v) is 6.94. The molecule has 1 aliphatic heterocycles. The molecule has 2 aromatic rings. The number of nitrogens with one attached hydrogen (secondary N) is 2. The molecular formula is C22H31N5O. The Kier molecular flexibility index (Phi) is 7.97. The summed E-state index contributed by atoms with van der Waals surface area (Å²) in [6, 6.07) is 14.1. The van der Waals surface area contributed by atoms with Gasteiger partial charge in [-0.1, -0.05) is 18.2 Å². The van der Waals surface area contributed by atoms with Crippen molar-refractivity contribution in [3.63, 3.8) is 0 Å². The maximum Gasteiger partial charge on any atom is 0.191 e. The minimum atomic E-state index is 0.678. The van der Waals surface area contributed by atoms with Crippen LogP contribution in [0.25, 0.3) is 0 Å². The van der Waals surface area contributed by atoms with Crippen LogP contribution in [0.5, 0.6) is 5.75 Å². The zero-order valence-electron chi connectivity index (χ0n) is 16.7. The summed E-state index contributed by atoms with van der Waals surface area (Å²) in [7, 11) is 1.79. The first-order valence-electron chi connectivity index (χ1n) is 10.2. The van der Waals surface area contributed by atoms with Gasteiger partial charge < -0.3 is 20.3 Å². The van der Waals surface area contributed by atoms with Gasteiger partial charge in [0, 0.05) is 39.4 Å². The van der Waals surface area contributed by atoms with E-state index in [-0.39, 0.29) is 0 Å². The Bertz CT molecular complexity index is 729. The average Bonchev–Trinajstić information content (AvgIpc) is 2.77. The van der Waals surface area contributed by atoms with Crippen LogP contribution in [-0.4, -0.2) is 44.2 Å². The molecule has 2 heterocycles. The van der Waals surface area contributed by atoms with E-state index in [1.54, 1.807) is 7.05 Å². The van der Waals surface area contributed by atoms with E-state index in [2.05, 4.69) is 37.6 Å². The van der Waals surface area contributed by atoms with Crippen molar-refractivity contribution in [3.8, 4) is 5.75 Å². The van der Waals surface area contributed by atoms with E-state index < -0.39 is 0 Å². The van der Waals surface area contributed by atoms with E-state index in [9.17, 15) is 0 Å². The molecule has 0 atom stereocenters. The zero-order valence-corrected chi connectivity index (χ0v) is 16.7. The Morgan fingerprint density at radius 2 is 1.93 bits per heavy atom. The van der Waals surface area contributed by atoms with Gasteiger partial charge in [0.1, 0.15) is 11.6 Å². The second kappa shape index (κ2) is 11.2. The highest BCUT2D eigenvalue weighted by atomic mass is 16.5. The van der Waals surface area contributed by atoms with Crippen LogP contribution in [0.15, 0.2) is 53.7 Å². The molecule has 0 amide bonds. The lowest BCUT2D eigenvalue weighted by molar-refractivity contribution is 0.311. The molecule has 0 unspecified atom stereocenters. The molecule has 1 fully saturated rings. The van der Waals surface area contributed by atoms with Gasteiger partial charge in [0.25, 0.3) is 0 Å². The third-order valence-electron chi connectivity index (χ3n) is 4.80. The number of hydrogen-bond acceptors (Lipinski definition) is 4. The zero-order chi connectivity index (χ0) is 19.4. The molecule has 6 heteroatoms. The molecular weight excluding hydrogens is 350 g/mol. The maximum atomic E-state index is 5.71. The van der Waals surface area contributed by atoms with Crippen LogP contribution in [0.3, 0.4) is 0 Å². The number of hydrogen-bond donors (Lipinski definition) is 2. The number of nitrogens with zero attached hydrogens (tertiary/aromatic N) is 3. The molecule has 0 spiro atoms. The molecule has 150 valence electrons. The van der Waals surface area contributed by atoms with Crippen molar-refractivity contribution in [1.29, 1.82) is 0 Å². The number of benzene rings is 1. The number of pyridine rings is 1. The Balaban J connectivity index is 1.38. The minimum absolute atomic E-state index is 0.678. The van der Waals surface area contributed by atoms with Crippen molar-refractivity contribution in [1.82, 2.24) is 15.6 Å². The van der Waals surface area contributed by atoms with Crippen LogP contribution in [0.1, 0.15) is 31.2 Å². The molecule has 0 radical (unpaired) electrons. The van der Waals surface area contributed by atoms with Crippen molar-refractivity contribution >= 4 is 11.8 Å². The first kappa shape index (κ1) is 20.0. The fourth-order valence-corrected chi connectivity index (χ4v) is 3.26. The first-order valence-corrected chi connectivity index (χ1v) is 10.2. The summed E-state index contributed by atoms with van der Waals surface area (Å²) in [6.07, 6.45) is 6.65. The largest absolute Gasteiger partial charge is 0.494 e. The van der Waals surface area contributed by atoms with Crippen molar-refractivity contribution in [2.75, 3.05) is 38.2 Å². The fourth-order valence-electron chi connectivity index (χ4n) is 3.26. The van der Waals surface area contributed by atoms with Gasteiger partial charge in [0.05, 0.1) is 6.61 Å². The van der Waals surface area contributed by atoms with Crippen molar-refractivity contribution < 1.29 is 4.74 Å².